The lowest BCUT2D eigenvalue weighted by molar-refractivity contribution is -0.0559. The fourth-order valence-corrected chi connectivity index (χ4v) is 6.69. The molecule has 1 saturated carbocycles. The molecule has 0 saturated heterocycles. The van der Waals surface area contributed by atoms with E-state index in [0.29, 0.717) is 17.2 Å². The van der Waals surface area contributed by atoms with Gasteiger partial charge in [0.2, 0.25) is 0 Å². The zero-order chi connectivity index (χ0) is 24.3. The molecule has 5 rings (SSSR count). The molecule has 6 nitrogen and oxygen atoms in total. The van der Waals surface area contributed by atoms with Crippen LogP contribution in [-0.4, -0.2) is 47.4 Å². The zero-order valence-electron chi connectivity index (χ0n) is 19.8. The van der Waals surface area contributed by atoms with Crippen LogP contribution >= 0.6 is 0 Å². The number of amidine groups is 1. The van der Waals surface area contributed by atoms with Crippen molar-refractivity contribution in [1.82, 2.24) is 0 Å². The molecule has 2 spiro atoms. The molecule has 2 aromatic rings. The number of hydrogen-bond acceptors (Lipinski definition) is 6. The first kappa shape index (κ1) is 22.9. The smallest absolute Gasteiger partial charge is 0.281 e. The summed E-state index contributed by atoms with van der Waals surface area (Å²) in [4.78, 5) is 4.88. The molecule has 0 bridgehead atoms. The number of nitrogens with two attached hydrogens (primary N) is 1. The summed E-state index contributed by atoms with van der Waals surface area (Å²) in [5.74, 6) is 0.916. The summed E-state index contributed by atoms with van der Waals surface area (Å²) >= 11 is 0. The minimum absolute atomic E-state index is 0.0114. The summed E-state index contributed by atoms with van der Waals surface area (Å²) in [6, 6.07) is 13.9. The van der Waals surface area contributed by atoms with Gasteiger partial charge in [-0.05, 0) is 78.1 Å². The lowest BCUT2D eigenvalue weighted by Crippen LogP contribution is -2.60. The lowest BCUT2D eigenvalue weighted by Gasteiger charge is -2.53. The third-order valence-electron chi connectivity index (χ3n) is 8.08. The van der Waals surface area contributed by atoms with E-state index in [1.165, 1.54) is 0 Å². The summed E-state index contributed by atoms with van der Waals surface area (Å²) in [5, 5.41) is 7.89. The van der Waals surface area contributed by atoms with Crippen molar-refractivity contribution >= 4 is 21.7 Å². The van der Waals surface area contributed by atoms with Gasteiger partial charge in [0, 0.05) is 12.5 Å². The maximum atomic E-state index is 9.48. The van der Waals surface area contributed by atoms with E-state index in [1.54, 1.807) is 20.3 Å². The number of rotatable bonds is 3. The van der Waals surface area contributed by atoms with Crippen LogP contribution in [0.3, 0.4) is 0 Å². The second kappa shape index (κ2) is 7.81. The van der Waals surface area contributed by atoms with Gasteiger partial charge in [0.05, 0.1) is 30.2 Å². The molecule has 1 heterocycles. The first-order valence-corrected chi connectivity index (χ1v) is 11.6. The molecule has 2 aliphatic carbocycles. The quantitative estimate of drug-likeness (QED) is 0.725. The predicted octanol–water partition coefficient (Wildman–Crippen LogP) is 3.14. The highest BCUT2D eigenvalue weighted by atomic mass is 16.5. The van der Waals surface area contributed by atoms with E-state index in [1.807, 2.05) is 12.1 Å². The van der Waals surface area contributed by atoms with Crippen LogP contribution in [0.25, 0.3) is 11.1 Å². The Bertz CT molecular complexity index is 1220. The number of benzene rings is 2. The number of ether oxygens (including phenoxy) is 3. The van der Waals surface area contributed by atoms with Crippen molar-refractivity contribution in [2.24, 2.45) is 22.1 Å². The fourth-order valence-electron chi connectivity index (χ4n) is 6.69. The highest BCUT2D eigenvalue weighted by Crippen LogP contribution is 2.65. The van der Waals surface area contributed by atoms with E-state index in [0.717, 1.165) is 47.9 Å². The molecule has 0 unspecified atom stereocenters. The summed E-state index contributed by atoms with van der Waals surface area (Å²) in [6.45, 7) is 2.20. The molecule has 34 heavy (non-hydrogen) atoms. The van der Waals surface area contributed by atoms with Crippen LogP contribution in [0, 0.1) is 22.7 Å². The van der Waals surface area contributed by atoms with E-state index >= 15 is 0 Å². The minimum atomic E-state index is -1.59. The van der Waals surface area contributed by atoms with Crippen molar-refractivity contribution in [3.05, 3.63) is 53.1 Å². The molecule has 4 radical (unpaired) electrons. The second-order valence-electron chi connectivity index (χ2n) is 9.94. The Morgan fingerprint density at radius 3 is 2.59 bits per heavy atom. The molecular formula is C26H27B2N3O3. The van der Waals surface area contributed by atoms with Crippen molar-refractivity contribution in [1.29, 1.82) is 5.26 Å². The van der Waals surface area contributed by atoms with Gasteiger partial charge in [-0.25, -0.2) is 4.99 Å². The Balaban J connectivity index is 1.69. The Kier molecular flexibility index (Phi) is 5.25. The first-order chi connectivity index (χ1) is 16.2. The van der Waals surface area contributed by atoms with Crippen molar-refractivity contribution in [2.75, 3.05) is 14.2 Å². The number of fused-ring (bicyclic) bond motifs is 3. The first-order valence-electron chi connectivity index (χ1n) is 11.6. The van der Waals surface area contributed by atoms with Gasteiger partial charge >= 0.3 is 0 Å². The molecule has 0 amide bonds. The maximum Gasteiger partial charge on any atom is 0.281 e. The summed E-state index contributed by atoms with van der Waals surface area (Å²) in [6.07, 6.45) is 3.52. The summed E-state index contributed by atoms with van der Waals surface area (Å²) in [7, 11) is 16.7. The molecule has 170 valence electrons. The Morgan fingerprint density at radius 2 is 1.97 bits per heavy atom. The predicted molar refractivity (Wildman–Crippen MR) is 132 cm³/mol. The van der Waals surface area contributed by atoms with Gasteiger partial charge < -0.3 is 19.9 Å². The molecule has 4 atom stereocenters. The monoisotopic (exact) mass is 451 g/mol. The number of hydrogen-bond donors (Lipinski definition) is 1. The van der Waals surface area contributed by atoms with Crippen LogP contribution in [0.4, 0.5) is 0 Å². The van der Waals surface area contributed by atoms with Gasteiger partial charge in [-0.3, -0.25) is 0 Å². The van der Waals surface area contributed by atoms with Crippen LogP contribution in [0.15, 0.2) is 41.4 Å². The van der Waals surface area contributed by atoms with Crippen LogP contribution in [-0.2, 0) is 21.4 Å². The summed E-state index contributed by atoms with van der Waals surface area (Å²) in [5.41, 5.74) is 9.11. The third-order valence-corrected chi connectivity index (χ3v) is 8.08. The second-order valence-corrected chi connectivity index (χ2v) is 9.94. The van der Waals surface area contributed by atoms with Crippen molar-refractivity contribution in [3.63, 3.8) is 0 Å². The highest BCUT2D eigenvalue weighted by molar-refractivity contribution is 6.41. The van der Waals surface area contributed by atoms with Crippen LogP contribution < -0.4 is 10.5 Å². The van der Waals surface area contributed by atoms with Crippen molar-refractivity contribution in [2.45, 2.75) is 49.6 Å². The number of aliphatic imine (C=N–C) groups is 1. The molecule has 8 heteroatoms. The topological polar surface area (TPSA) is 89.9 Å². The summed E-state index contributed by atoms with van der Waals surface area (Å²) < 4.78 is 16.9. The van der Waals surface area contributed by atoms with Gasteiger partial charge in [-0.1, -0.05) is 19.1 Å². The van der Waals surface area contributed by atoms with Gasteiger partial charge in [-0.15, -0.1) is 0 Å². The van der Waals surface area contributed by atoms with E-state index in [-0.39, 0.29) is 17.5 Å². The molecule has 2 aromatic carbocycles. The molecule has 1 aliphatic heterocycles. The average Bonchev–Trinajstić information content (AvgIpc) is 3.22. The molecular weight excluding hydrogens is 424 g/mol. The average molecular weight is 451 g/mol. The Labute approximate surface area is 203 Å². The van der Waals surface area contributed by atoms with Crippen LogP contribution in [0.2, 0.25) is 0 Å². The minimum Gasteiger partial charge on any atom is -0.497 e. The van der Waals surface area contributed by atoms with Gasteiger partial charge in [0.1, 0.15) is 27.0 Å². The third kappa shape index (κ3) is 3.10. The van der Waals surface area contributed by atoms with E-state index in [9.17, 15) is 5.26 Å². The van der Waals surface area contributed by atoms with E-state index < -0.39 is 10.9 Å². The van der Waals surface area contributed by atoms with Crippen molar-refractivity contribution in [3.8, 4) is 22.9 Å². The standard InChI is InChI=1S/C26H27B2N3O3/c1-15-12-24(7-6-22(15)33-3)13-18-5-4-17(19-8-16(14-29)9-20(10-19)32-2)11-21(18)25(24)26(27,28)34-23(30)31-25/h4-5,8-11,15,22H,6-7,12-13H2,1-3H3,(H2,30,31)/t15-,22-,24-,25+/m1/s1. The molecule has 1 fully saturated rings. The van der Waals surface area contributed by atoms with Crippen LogP contribution in [0.5, 0.6) is 5.75 Å². The largest absolute Gasteiger partial charge is 0.497 e. The normalized spacial score (nSPS) is 31.1. The van der Waals surface area contributed by atoms with E-state index in [2.05, 4.69) is 31.2 Å². The SMILES string of the molecule is [B]C1([B])OC(N)=N[C@]12c1cc(-c3cc(C#N)cc(OC)c3)ccc1C[C@]21CC[C@@H](OC)[C@H](C)C1. The number of methoxy groups -OCH3 is 2. The van der Waals surface area contributed by atoms with Crippen LogP contribution in [0.1, 0.15) is 42.9 Å². The fraction of sp³-hybridized carbons (Fsp3) is 0.462. The lowest BCUT2D eigenvalue weighted by atomic mass is 9.44. The molecule has 2 N–H and O–H groups in total. The molecule has 3 aliphatic rings. The Morgan fingerprint density at radius 1 is 1.18 bits per heavy atom. The number of nitriles is 1. The highest BCUT2D eigenvalue weighted by Gasteiger charge is 2.68. The van der Waals surface area contributed by atoms with Gasteiger partial charge in [0.25, 0.3) is 6.02 Å². The van der Waals surface area contributed by atoms with E-state index in [4.69, 9.17) is 40.6 Å². The van der Waals surface area contributed by atoms with Gasteiger partial charge in [-0.2, -0.15) is 5.26 Å². The maximum absolute atomic E-state index is 9.48. The number of nitrogens with zero attached hydrogens (tertiary/aromatic N) is 2. The van der Waals surface area contributed by atoms with Crippen molar-refractivity contribution < 1.29 is 14.2 Å². The Hall–Kier alpha value is -2.91. The van der Waals surface area contributed by atoms with Gasteiger partial charge in [0.15, 0.2) is 0 Å². The molecule has 0 aromatic heterocycles. The zero-order valence-corrected chi connectivity index (χ0v) is 19.8.